The average molecular weight is 436 g/mol. The Morgan fingerprint density at radius 1 is 1.13 bits per heavy atom. The standard InChI is InChI=1S/C24H29N5OS/c1-16-9-10-21(26-15-16)29-17(2)14-19(18(29)3)23-22(20-8-5-6-11-25-20)27-24(31)28(23)12-7-13-30-4/h5-6,8-11,14-15,22-23H,7,12-13H2,1-4H3,(H,27,31)/t22-,23-/m1/s1. The lowest BCUT2D eigenvalue weighted by Crippen LogP contribution is -2.31. The summed E-state index contributed by atoms with van der Waals surface area (Å²) in [6, 6.07) is 12.5. The second-order valence-corrected chi connectivity index (χ2v) is 8.41. The average Bonchev–Trinajstić information content (AvgIpc) is 3.25. The van der Waals surface area contributed by atoms with Gasteiger partial charge in [-0.25, -0.2) is 4.98 Å². The van der Waals surface area contributed by atoms with Crippen molar-refractivity contribution in [1.29, 1.82) is 0 Å². The summed E-state index contributed by atoms with van der Waals surface area (Å²) in [4.78, 5) is 11.6. The van der Waals surface area contributed by atoms with E-state index in [9.17, 15) is 0 Å². The van der Waals surface area contributed by atoms with Gasteiger partial charge < -0.3 is 19.5 Å². The Labute approximate surface area is 189 Å². The molecule has 4 heterocycles. The van der Waals surface area contributed by atoms with Gasteiger partial charge in [-0.3, -0.25) is 4.98 Å². The van der Waals surface area contributed by atoms with Crippen molar-refractivity contribution < 1.29 is 4.74 Å². The van der Waals surface area contributed by atoms with Gasteiger partial charge in [0.15, 0.2) is 5.11 Å². The molecule has 3 aromatic rings. The normalized spacial score (nSPS) is 18.5. The van der Waals surface area contributed by atoms with Gasteiger partial charge in [-0.2, -0.15) is 0 Å². The number of ether oxygens (including phenoxy) is 1. The third-order valence-corrected chi connectivity index (χ3v) is 6.21. The fourth-order valence-corrected chi connectivity index (χ4v) is 4.73. The zero-order valence-corrected chi connectivity index (χ0v) is 19.3. The summed E-state index contributed by atoms with van der Waals surface area (Å²) in [5.41, 5.74) is 5.69. The molecule has 6 nitrogen and oxygen atoms in total. The number of aromatic nitrogens is 3. The lowest BCUT2D eigenvalue weighted by atomic mass is 9.96. The molecule has 1 fully saturated rings. The van der Waals surface area contributed by atoms with Crippen LogP contribution in [-0.2, 0) is 4.74 Å². The third kappa shape index (κ3) is 4.20. The summed E-state index contributed by atoms with van der Waals surface area (Å²) in [5.74, 6) is 0.931. The Morgan fingerprint density at radius 3 is 2.65 bits per heavy atom. The largest absolute Gasteiger partial charge is 0.385 e. The number of nitrogens with zero attached hydrogens (tertiary/aromatic N) is 4. The molecular weight excluding hydrogens is 406 g/mol. The van der Waals surface area contributed by atoms with Crippen molar-refractivity contribution in [2.75, 3.05) is 20.3 Å². The van der Waals surface area contributed by atoms with E-state index in [4.69, 9.17) is 17.0 Å². The highest BCUT2D eigenvalue weighted by atomic mass is 32.1. The first-order valence-electron chi connectivity index (χ1n) is 10.6. The van der Waals surface area contributed by atoms with Crippen molar-refractivity contribution in [3.63, 3.8) is 0 Å². The first kappa shape index (κ1) is 21.5. The molecule has 31 heavy (non-hydrogen) atoms. The highest BCUT2D eigenvalue weighted by Gasteiger charge is 2.41. The molecule has 3 aromatic heterocycles. The van der Waals surface area contributed by atoms with Crippen LogP contribution in [0, 0.1) is 20.8 Å². The smallest absolute Gasteiger partial charge is 0.170 e. The van der Waals surface area contributed by atoms with Crippen LogP contribution < -0.4 is 5.32 Å². The molecule has 1 N–H and O–H groups in total. The van der Waals surface area contributed by atoms with Gasteiger partial charge >= 0.3 is 0 Å². The predicted molar refractivity (Wildman–Crippen MR) is 126 cm³/mol. The second kappa shape index (κ2) is 9.16. The Balaban J connectivity index is 1.78. The van der Waals surface area contributed by atoms with E-state index in [0.717, 1.165) is 40.8 Å². The Bertz CT molecular complexity index is 1050. The monoisotopic (exact) mass is 435 g/mol. The first-order valence-corrected chi connectivity index (χ1v) is 11.0. The molecule has 1 aliphatic rings. The number of methoxy groups -OCH3 is 1. The van der Waals surface area contributed by atoms with Crippen molar-refractivity contribution >= 4 is 17.3 Å². The van der Waals surface area contributed by atoms with Crippen LogP contribution in [0.4, 0.5) is 0 Å². The fourth-order valence-electron chi connectivity index (χ4n) is 4.40. The van der Waals surface area contributed by atoms with Crippen molar-refractivity contribution in [3.8, 4) is 5.82 Å². The highest BCUT2D eigenvalue weighted by Crippen LogP contribution is 2.41. The second-order valence-electron chi connectivity index (χ2n) is 8.02. The van der Waals surface area contributed by atoms with Crippen LogP contribution in [0.2, 0.25) is 0 Å². The molecule has 0 aliphatic carbocycles. The SMILES string of the molecule is COCCCN1C(=S)N[C@H](c2ccccn2)[C@H]1c1cc(C)n(-c2ccc(C)cn2)c1C. The van der Waals surface area contributed by atoms with E-state index in [2.05, 4.69) is 69.8 Å². The summed E-state index contributed by atoms with van der Waals surface area (Å²) < 4.78 is 7.51. The summed E-state index contributed by atoms with van der Waals surface area (Å²) in [5, 5.41) is 4.29. The number of pyridine rings is 2. The van der Waals surface area contributed by atoms with Crippen molar-refractivity contribution in [1.82, 2.24) is 24.8 Å². The van der Waals surface area contributed by atoms with Crippen molar-refractivity contribution in [2.45, 2.75) is 39.3 Å². The lowest BCUT2D eigenvalue weighted by Gasteiger charge is -2.28. The molecule has 0 saturated carbocycles. The molecule has 0 unspecified atom stereocenters. The molecule has 7 heteroatoms. The van der Waals surface area contributed by atoms with E-state index in [1.807, 2.05) is 24.5 Å². The molecule has 1 aliphatic heterocycles. The molecule has 0 radical (unpaired) electrons. The number of aryl methyl sites for hydroxylation is 2. The Kier molecular flexibility index (Phi) is 6.34. The highest BCUT2D eigenvalue weighted by molar-refractivity contribution is 7.80. The summed E-state index contributed by atoms with van der Waals surface area (Å²) >= 11 is 5.76. The zero-order valence-electron chi connectivity index (χ0n) is 18.5. The van der Waals surface area contributed by atoms with E-state index in [-0.39, 0.29) is 12.1 Å². The maximum absolute atomic E-state index is 5.76. The minimum Gasteiger partial charge on any atom is -0.385 e. The number of rotatable bonds is 7. The van der Waals surface area contributed by atoms with Gasteiger partial charge in [0.1, 0.15) is 5.82 Å². The van der Waals surface area contributed by atoms with Gasteiger partial charge in [-0.15, -0.1) is 0 Å². The van der Waals surface area contributed by atoms with Gasteiger partial charge in [-0.05, 0) is 74.8 Å². The zero-order chi connectivity index (χ0) is 22.0. The van der Waals surface area contributed by atoms with E-state index in [1.165, 1.54) is 11.3 Å². The Hall–Kier alpha value is -2.77. The van der Waals surface area contributed by atoms with Crippen LogP contribution in [0.1, 0.15) is 46.7 Å². The summed E-state index contributed by atoms with van der Waals surface area (Å²) in [7, 11) is 1.73. The van der Waals surface area contributed by atoms with Crippen molar-refractivity contribution in [3.05, 3.63) is 77.0 Å². The quantitative estimate of drug-likeness (QED) is 0.443. The van der Waals surface area contributed by atoms with Crippen LogP contribution >= 0.6 is 12.2 Å². The summed E-state index contributed by atoms with van der Waals surface area (Å²) in [6.07, 6.45) is 4.65. The van der Waals surface area contributed by atoms with Gasteiger partial charge in [0.2, 0.25) is 0 Å². The van der Waals surface area contributed by atoms with Gasteiger partial charge in [0.25, 0.3) is 0 Å². The molecule has 0 bridgehead atoms. The molecular formula is C24H29N5OS. The van der Waals surface area contributed by atoms with Crippen LogP contribution in [-0.4, -0.2) is 44.8 Å². The number of nitrogens with one attached hydrogen (secondary N) is 1. The van der Waals surface area contributed by atoms with Crippen LogP contribution in [0.25, 0.3) is 5.82 Å². The molecule has 2 atom stereocenters. The third-order valence-electron chi connectivity index (χ3n) is 5.86. The van der Waals surface area contributed by atoms with E-state index in [1.54, 1.807) is 7.11 Å². The fraction of sp³-hybridized carbons (Fsp3) is 0.375. The molecule has 1 saturated heterocycles. The van der Waals surface area contributed by atoms with Gasteiger partial charge in [0, 0.05) is 44.0 Å². The van der Waals surface area contributed by atoms with Gasteiger partial charge in [0.05, 0.1) is 17.8 Å². The first-order chi connectivity index (χ1) is 15.0. The maximum Gasteiger partial charge on any atom is 0.170 e. The van der Waals surface area contributed by atoms with E-state index in [0.29, 0.717) is 6.61 Å². The minimum atomic E-state index is -0.0174. The molecule has 0 aromatic carbocycles. The van der Waals surface area contributed by atoms with Gasteiger partial charge in [-0.1, -0.05) is 12.1 Å². The number of hydrogen-bond donors (Lipinski definition) is 1. The molecule has 0 spiro atoms. The molecule has 4 rings (SSSR count). The predicted octanol–water partition coefficient (Wildman–Crippen LogP) is 4.20. The minimum absolute atomic E-state index is 0.0174. The maximum atomic E-state index is 5.76. The lowest BCUT2D eigenvalue weighted by molar-refractivity contribution is 0.180. The topological polar surface area (TPSA) is 55.2 Å². The van der Waals surface area contributed by atoms with Crippen LogP contribution in [0.3, 0.4) is 0 Å². The van der Waals surface area contributed by atoms with Crippen LogP contribution in [0.5, 0.6) is 0 Å². The Morgan fingerprint density at radius 2 is 1.97 bits per heavy atom. The molecule has 0 amide bonds. The van der Waals surface area contributed by atoms with E-state index < -0.39 is 0 Å². The van der Waals surface area contributed by atoms with E-state index >= 15 is 0 Å². The summed E-state index contributed by atoms with van der Waals surface area (Å²) in [6.45, 7) is 7.86. The van der Waals surface area contributed by atoms with Crippen molar-refractivity contribution in [2.24, 2.45) is 0 Å². The number of thiocarbonyl (C=S) groups is 1. The number of hydrogen-bond acceptors (Lipinski definition) is 4. The van der Waals surface area contributed by atoms with Crippen LogP contribution in [0.15, 0.2) is 48.8 Å². The molecule has 162 valence electrons.